The average molecular weight is 389 g/mol. The predicted molar refractivity (Wildman–Crippen MR) is 108 cm³/mol. The van der Waals surface area contributed by atoms with Crippen molar-refractivity contribution < 1.29 is 19.1 Å². The van der Waals surface area contributed by atoms with E-state index in [4.69, 9.17) is 9.47 Å². The summed E-state index contributed by atoms with van der Waals surface area (Å²) in [5, 5.41) is 6.01. The smallest absolute Gasteiger partial charge is 0.227 e. The summed E-state index contributed by atoms with van der Waals surface area (Å²) >= 11 is 0. The quantitative estimate of drug-likeness (QED) is 0.700. The van der Waals surface area contributed by atoms with Gasteiger partial charge in [-0.05, 0) is 64.9 Å². The minimum atomic E-state index is -0.0500. The Bertz CT molecular complexity index is 684. The molecule has 0 saturated heterocycles. The van der Waals surface area contributed by atoms with Crippen molar-refractivity contribution in [3.05, 3.63) is 18.2 Å². The van der Waals surface area contributed by atoms with E-state index in [9.17, 15) is 9.59 Å². The number of anilines is 1. The molecule has 0 aromatic heterocycles. The number of hydrogen-bond donors (Lipinski definition) is 2. The van der Waals surface area contributed by atoms with Crippen LogP contribution in [0.25, 0.3) is 0 Å². The Hall–Kier alpha value is -2.28. The summed E-state index contributed by atoms with van der Waals surface area (Å²) in [6.45, 7) is 2.74. The van der Waals surface area contributed by atoms with Crippen LogP contribution in [0, 0.1) is 11.8 Å². The summed E-state index contributed by atoms with van der Waals surface area (Å²) < 4.78 is 11.1. The van der Waals surface area contributed by atoms with Crippen molar-refractivity contribution in [2.24, 2.45) is 11.8 Å². The number of benzene rings is 1. The van der Waals surface area contributed by atoms with Crippen molar-refractivity contribution in [3.63, 3.8) is 0 Å². The van der Waals surface area contributed by atoms with E-state index >= 15 is 0 Å². The van der Waals surface area contributed by atoms with E-state index < -0.39 is 0 Å². The van der Waals surface area contributed by atoms with Crippen LogP contribution < -0.4 is 20.1 Å². The first-order valence-corrected chi connectivity index (χ1v) is 10.2. The first-order valence-electron chi connectivity index (χ1n) is 10.2. The van der Waals surface area contributed by atoms with E-state index in [1.165, 1.54) is 0 Å². The van der Waals surface area contributed by atoms with Crippen LogP contribution in [0.5, 0.6) is 11.5 Å². The Morgan fingerprint density at radius 1 is 1.00 bits per heavy atom. The number of nitrogens with zero attached hydrogens (tertiary/aromatic N) is 1. The van der Waals surface area contributed by atoms with Gasteiger partial charge in [-0.15, -0.1) is 0 Å². The first kappa shape index (κ1) is 20.5. The lowest BCUT2D eigenvalue weighted by molar-refractivity contribution is -0.128. The SMILES string of the molecule is CN(C)CCCNC(=O)C1CCC(C(=O)Nc2ccc3c(c2)OCCO3)CC1. The van der Waals surface area contributed by atoms with Gasteiger partial charge in [-0.1, -0.05) is 0 Å². The van der Waals surface area contributed by atoms with Crippen LogP contribution in [0.2, 0.25) is 0 Å². The molecule has 0 spiro atoms. The molecular formula is C21H31N3O4. The molecule has 154 valence electrons. The molecule has 7 nitrogen and oxygen atoms in total. The summed E-state index contributed by atoms with van der Waals surface area (Å²) in [5.41, 5.74) is 0.718. The van der Waals surface area contributed by atoms with Crippen LogP contribution in [0.1, 0.15) is 32.1 Å². The van der Waals surface area contributed by atoms with Crippen molar-refractivity contribution in [2.45, 2.75) is 32.1 Å². The lowest BCUT2D eigenvalue weighted by Crippen LogP contribution is -2.36. The van der Waals surface area contributed by atoms with Crippen LogP contribution >= 0.6 is 0 Å². The van der Waals surface area contributed by atoms with E-state index in [1.54, 1.807) is 6.07 Å². The monoisotopic (exact) mass is 389 g/mol. The van der Waals surface area contributed by atoms with Crippen LogP contribution in [-0.4, -0.2) is 57.1 Å². The number of carbonyl (C=O) groups is 2. The second kappa shape index (κ2) is 9.78. The minimum Gasteiger partial charge on any atom is -0.486 e. The van der Waals surface area contributed by atoms with Crippen LogP contribution in [-0.2, 0) is 9.59 Å². The standard InChI is InChI=1S/C21H31N3O4/c1-24(2)11-3-10-22-20(25)15-4-6-16(7-5-15)21(26)23-17-8-9-18-19(14-17)28-13-12-27-18/h8-9,14-16H,3-7,10-13H2,1-2H3,(H,22,25)(H,23,26). The number of nitrogens with one attached hydrogen (secondary N) is 2. The Balaban J connectivity index is 1.42. The molecule has 0 bridgehead atoms. The van der Waals surface area contributed by atoms with E-state index in [2.05, 4.69) is 15.5 Å². The maximum absolute atomic E-state index is 12.6. The maximum atomic E-state index is 12.6. The third kappa shape index (κ3) is 5.61. The fourth-order valence-corrected chi connectivity index (χ4v) is 3.73. The topological polar surface area (TPSA) is 79.9 Å². The normalized spacial score (nSPS) is 21.2. The molecule has 2 amide bonds. The number of hydrogen-bond acceptors (Lipinski definition) is 5. The fourth-order valence-electron chi connectivity index (χ4n) is 3.73. The average Bonchev–Trinajstić information content (AvgIpc) is 2.71. The van der Waals surface area contributed by atoms with Crippen molar-refractivity contribution >= 4 is 17.5 Å². The largest absolute Gasteiger partial charge is 0.486 e. The third-order valence-electron chi connectivity index (χ3n) is 5.36. The number of fused-ring (bicyclic) bond motifs is 1. The minimum absolute atomic E-state index is 0.0153. The van der Waals surface area contributed by atoms with Crippen LogP contribution in [0.15, 0.2) is 18.2 Å². The molecular weight excluding hydrogens is 358 g/mol. The Kier molecular flexibility index (Phi) is 7.14. The number of ether oxygens (including phenoxy) is 2. The Morgan fingerprint density at radius 2 is 1.64 bits per heavy atom. The molecule has 1 aromatic carbocycles. The van der Waals surface area contributed by atoms with E-state index in [-0.39, 0.29) is 23.7 Å². The van der Waals surface area contributed by atoms with E-state index in [0.717, 1.165) is 44.3 Å². The molecule has 7 heteroatoms. The summed E-state index contributed by atoms with van der Waals surface area (Å²) in [5.74, 6) is 1.50. The predicted octanol–water partition coefficient (Wildman–Crippen LogP) is 2.27. The lowest BCUT2D eigenvalue weighted by atomic mass is 9.81. The van der Waals surface area contributed by atoms with Gasteiger partial charge in [0.15, 0.2) is 11.5 Å². The second-order valence-electron chi connectivity index (χ2n) is 7.84. The zero-order chi connectivity index (χ0) is 19.9. The molecule has 1 fully saturated rings. The van der Waals surface area contributed by atoms with Gasteiger partial charge in [0, 0.05) is 30.1 Å². The highest BCUT2D eigenvalue weighted by molar-refractivity contribution is 5.93. The van der Waals surface area contributed by atoms with Gasteiger partial charge in [0.2, 0.25) is 11.8 Å². The van der Waals surface area contributed by atoms with Gasteiger partial charge in [-0.25, -0.2) is 0 Å². The third-order valence-corrected chi connectivity index (χ3v) is 5.36. The molecule has 1 aromatic rings. The van der Waals surface area contributed by atoms with Crippen molar-refractivity contribution in [3.8, 4) is 11.5 Å². The highest BCUT2D eigenvalue weighted by atomic mass is 16.6. The van der Waals surface area contributed by atoms with Crippen LogP contribution in [0.4, 0.5) is 5.69 Å². The summed E-state index contributed by atoms with van der Waals surface area (Å²) in [7, 11) is 4.05. The molecule has 1 aliphatic heterocycles. The van der Waals surface area contributed by atoms with Crippen molar-refractivity contribution in [1.29, 1.82) is 0 Å². The zero-order valence-corrected chi connectivity index (χ0v) is 16.8. The zero-order valence-electron chi connectivity index (χ0n) is 16.8. The van der Waals surface area contributed by atoms with Gasteiger partial charge in [0.05, 0.1) is 0 Å². The second-order valence-corrected chi connectivity index (χ2v) is 7.84. The highest BCUT2D eigenvalue weighted by Gasteiger charge is 2.30. The van der Waals surface area contributed by atoms with E-state index in [1.807, 2.05) is 26.2 Å². The van der Waals surface area contributed by atoms with Gasteiger partial charge >= 0.3 is 0 Å². The van der Waals surface area contributed by atoms with Gasteiger partial charge in [0.25, 0.3) is 0 Å². The molecule has 1 heterocycles. The summed E-state index contributed by atoms with van der Waals surface area (Å²) in [6.07, 6.45) is 3.96. The molecule has 1 aliphatic carbocycles. The highest BCUT2D eigenvalue weighted by Crippen LogP contribution is 2.34. The molecule has 28 heavy (non-hydrogen) atoms. The summed E-state index contributed by atoms with van der Waals surface area (Å²) in [4.78, 5) is 27.0. The first-order chi connectivity index (χ1) is 13.5. The molecule has 0 unspecified atom stereocenters. The van der Waals surface area contributed by atoms with Crippen LogP contribution in [0.3, 0.4) is 0 Å². The van der Waals surface area contributed by atoms with Crippen molar-refractivity contribution in [2.75, 3.05) is 45.7 Å². The number of carbonyl (C=O) groups excluding carboxylic acids is 2. The van der Waals surface area contributed by atoms with Crippen molar-refractivity contribution in [1.82, 2.24) is 10.2 Å². The Labute approximate surface area is 166 Å². The molecule has 1 saturated carbocycles. The molecule has 0 radical (unpaired) electrons. The fraction of sp³-hybridized carbons (Fsp3) is 0.619. The van der Waals surface area contributed by atoms with Gasteiger partial charge in [-0.3, -0.25) is 9.59 Å². The van der Waals surface area contributed by atoms with Gasteiger partial charge in [-0.2, -0.15) is 0 Å². The number of rotatable bonds is 7. The molecule has 2 aliphatic rings. The lowest BCUT2D eigenvalue weighted by Gasteiger charge is -2.27. The summed E-state index contributed by atoms with van der Waals surface area (Å²) in [6, 6.07) is 5.46. The molecule has 2 N–H and O–H groups in total. The molecule has 3 rings (SSSR count). The maximum Gasteiger partial charge on any atom is 0.227 e. The molecule has 0 atom stereocenters. The van der Waals surface area contributed by atoms with E-state index in [0.29, 0.717) is 31.3 Å². The Morgan fingerprint density at radius 3 is 2.32 bits per heavy atom. The number of amides is 2. The van der Waals surface area contributed by atoms with Gasteiger partial charge < -0.3 is 25.0 Å². The van der Waals surface area contributed by atoms with Gasteiger partial charge in [0.1, 0.15) is 13.2 Å².